The minimum absolute atomic E-state index is 0.0291. The first-order valence-corrected chi connectivity index (χ1v) is 5.22. The summed E-state index contributed by atoms with van der Waals surface area (Å²) < 4.78 is 43.8. The molecule has 0 atom stereocenters. The average Bonchev–Trinajstić information content (AvgIpc) is 2.15. The smallest absolute Gasteiger partial charge is 0.462 e. The van der Waals surface area contributed by atoms with Gasteiger partial charge in [0, 0.05) is 6.07 Å². The maximum atomic E-state index is 11.9. The highest BCUT2D eigenvalue weighted by Gasteiger charge is 2.32. The van der Waals surface area contributed by atoms with Crippen LogP contribution in [0.2, 0.25) is 0 Å². The van der Waals surface area contributed by atoms with Crippen molar-refractivity contribution in [1.29, 1.82) is 0 Å². The van der Waals surface area contributed by atoms with Gasteiger partial charge in [-0.15, -0.1) is 13.2 Å². The first kappa shape index (κ1) is 13.8. The number of esters is 1. The van der Waals surface area contributed by atoms with Gasteiger partial charge in [0.1, 0.15) is 4.60 Å². The molecular formula is C9H7BrF3NO3. The molecule has 1 aromatic heterocycles. The zero-order valence-electron chi connectivity index (χ0n) is 8.55. The molecular weight excluding hydrogens is 307 g/mol. The summed E-state index contributed by atoms with van der Waals surface area (Å²) in [6, 6.07) is 2.07. The third-order valence-electron chi connectivity index (χ3n) is 1.54. The van der Waals surface area contributed by atoms with E-state index >= 15 is 0 Å². The van der Waals surface area contributed by atoms with E-state index in [-0.39, 0.29) is 16.8 Å². The number of carbonyl (C=O) groups is 1. The van der Waals surface area contributed by atoms with E-state index in [0.717, 1.165) is 12.1 Å². The number of halogens is 4. The molecule has 0 unspecified atom stereocenters. The van der Waals surface area contributed by atoms with Crippen LogP contribution >= 0.6 is 15.9 Å². The summed E-state index contributed by atoms with van der Waals surface area (Å²) in [7, 11) is 0. The summed E-state index contributed by atoms with van der Waals surface area (Å²) >= 11 is 2.87. The van der Waals surface area contributed by atoms with Gasteiger partial charge >= 0.3 is 12.3 Å². The van der Waals surface area contributed by atoms with Crippen molar-refractivity contribution in [3.8, 4) is 5.88 Å². The second kappa shape index (κ2) is 5.35. The molecule has 8 heteroatoms. The van der Waals surface area contributed by atoms with E-state index in [1.807, 2.05) is 0 Å². The van der Waals surface area contributed by atoms with Crippen LogP contribution in [0.3, 0.4) is 0 Å². The summed E-state index contributed by atoms with van der Waals surface area (Å²) in [6.07, 6.45) is -4.82. The molecule has 1 heterocycles. The molecule has 0 radical (unpaired) electrons. The highest BCUT2D eigenvalue weighted by Crippen LogP contribution is 2.24. The molecule has 0 aliphatic heterocycles. The lowest BCUT2D eigenvalue weighted by Gasteiger charge is -2.09. The highest BCUT2D eigenvalue weighted by atomic mass is 79.9. The molecule has 0 aliphatic rings. The van der Waals surface area contributed by atoms with Crippen LogP contribution in [0.4, 0.5) is 13.2 Å². The number of aromatic nitrogens is 1. The van der Waals surface area contributed by atoms with E-state index in [4.69, 9.17) is 0 Å². The van der Waals surface area contributed by atoms with E-state index in [1.165, 1.54) is 0 Å². The zero-order chi connectivity index (χ0) is 13.1. The molecule has 0 saturated carbocycles. The van der Waals surface area contributed by atoms with Gasteiger partial charge in [-0.3, -0.25) is 0 Å². The number of alkyl halides is 3. The summed E-state index contributed by atoms with van der Waals surface area (Å²) in [4.78, 5) is 14.7. The quantitative estimate of drug-likeness (QED) is 0.636. The lowest BCUT2D eigenvalue weighted by atomic mass is 10.3. The number of rotatable bonds is 3. The number of nitrogens with zero attached hydrogens (tertiary/aromatic N) is 1. The van der Waals surface area contributed by atoms with Gasteiger partial charge in [0.05, 0.1) is 12.2 Å². The Morgan fingerprint density at radius 3 is 2.59 bits per heavy atom. The fourth-order valence-corrected chi connectivity index (χ4v) is 1.42. The van der Waals surface area contributed by atoms with E-state index < -0.39 is 18.2 Å². The number of pyridine rings is 1. The molecule has 1 aromatic rings. The SMILES string of the molecule is CCOC(=O)c1ccc(OC(F)(F)F)nc1Br. The summed E-state index contributed by atoms with van der Waals surface area (Å²) in [6.45, 7) is 1.77. The van der Waals surface area contributed by atoms with Gasteiger partial charge in [-0.2, -0.15) is 0 Å². The van der Waals surface area contributed by atoms with Crippen LogP contribution < -0.4 is 4.74 Å². The van der Waals surface area contributed by atoms with Gasteiger partial charge < -0.3 is 9.47 Å². The Labute approximate surface area is 103 Å². The third-order valence-corrected chi connectivity index (χ3v) is 2.14. The van der Waals surface area contributed by atoms with Crippen molar-refractivity contribution >= 4 is 21.9 Å². The Bertz CT molecular complexity index is 422. The fraction of sp³-hybridized carbons (Fsp3) is 0.333. The van der Waals surface area contributed by atoms with Gasteiger partial charge in [-0.1, -0.05) is 0 Å². The highest BCUT2D eigenvalue weighted by molar-refractivity contribution is 9.10. The topological polar surface area (TPSA) is 48.4 Å². The minimum Gasteiger partial charge on any atom is -0.462 e. The van der Waals surface area contributed by atoms with Crippen LogP contribution in [0.5, 0.6) is 5.88 Å². The van der Waals surface area contributed by atoms with Crippen molar-refractivity contribution < 1.29 is 27.4 Å². The molecule has 0 fully saturated rings. The molecule has 4 nitrogen and oxygen atoms in total. The summed E-state index contributed by atoms with van der Waals surface area (Å²) in [5, 5.41) is 0. The molecule has 0 aromatic carbocycles. The van der Waals surface area contributed by atoms with Crippen molar-refractivity contribution in [2.24, 2.45) is 0 Å². The molecule has 0 amide bonds. The van der Waals surface area contributed by atoms with Gasteiger partial charge in [0.15, 0.2) is 0 Å². The molecule has 0 N–H and O–H groups in total. The van der Waals surface area contributed by atoms with Gasteiger partial charge in [0.25, 0.3) is 0 Å². The zero-order valence-corrected chi connectivity index (χ0v) is 10.1. The molecule has 0 aliphatic carbocycles. The molecule has 0 spiro atoms. The first-order chi connectivity index (χ1) is 7.83. The van der Waals surface area contributed by atoms with Gasteiger partial charge in [-0.05, 0) is 28.9 Å². The summed E-state index contributed by atoms with van der Waals surface area (Å²) in [5.74, 6) is -1.33. The Morgan fingerprint density at radius 2 is 2.12 bits per heavy atom. The Morgan fingerprint density at radius 1 is 1.47 bits per heavy atom. The lowest BCUT2D eigenvalue weighted by Crippen LogP contribution is -2.18. The fourth-order valence-electron chi connectivity index (χ4n) is 0.954. The Hall–Kier alpha value is -1.31. The number of hydrogen-bond donors (Lipinski definition) is 0. The van der Waals surface area contributed by atoms with Crippen LogP contribution in [0.25, 0.3) is 0 Å². The predicted molar refractivity (Wildman–Crippen MR) is 54.6 cm³/mol. The van der Waals surface area contributed by atoms with Crippen LogP contribution in [0, 0.1) is 0 Å². The predicted octanol–water partition coefficient (Wildman–Crippen LogP) is 2.92. The standard InChI is InChI=1S/C9H7BrF3NO3/c1-2-16-8(15)5-3-4-6(14-7(5)10)17-9(11,12)13/h3-4H,2H2,1H3. The van der Waals surface area contributed by atoms with Crippen LogP contribution in [-0.4, -0.2) is 23.9 Å². The van der Waals surface area contributed by atoms with Crippen LogP contribution in [-0.2, 0) is 4.74 Å². The van der Waals surface area contributed by atoms with Crippen LogP contribution in [0.1, 0.15) is 17.3 Å². The molecule has 94 valence electrons. The van der Waals surface area contributed by atoms with Crippen LogP contribution in [0.15, 0.2) is 16.7 Å². The van der Waals surface area contributed by atoms with Crippen molar-refractivity contribution in [3.63, 3.8) is 0 Å². The number of ether oxygens (including phenoxy) is 2. The second-order valence-electron chi connectivity index (χ2n) is 2.76. The monoisotopic (exact) mass is 313 g/mol. The lowest BCUT2D eigenvalue weighted by molar-refractivity contribution is -0.276. The second-order valence-corrected chi connectivity index (χ2v) is 3.51. The first-order valence-electron chi connectivity index (χ1n) is 4.43. The number of carbonyl (C=O) groups excluding carboxylic acids is 1. The average molecular weight is 314 g/mol. The van der Waals surface area contributed by atoms with Crippen molar-refractivity contribution in [2.45, 2.75) is 13.3 Å². The molecule has 17 heavy (non-hydrogen) atoms. The molecule has 0 saturated heterocycles. The Kier molecular flexibility index (Phi) is 4.33. The van der Waals surface area contributed by atoms with Crippen molar-refractivity contribution in [2.75, 3.05) is 6.61 Å². The van der Waals surface area contributed by atoms with E-state index in [1.54, 1.807) is 6.92 Å². The number of hydrogen-bond acceptors (Lipinski definition) is 4. The maximum absolute atomic E-state index is 11.9. The largest absolute Gasteiger partial charge is 0.574 e. The molecule has 1 rings (SSSR count). The summed E-state index contributed by atoms with van der Waals surface area (Å²) in [5.41, 5.74) is 0.0291. The van der Waals surface area contributed by atoms with Gasteiger partial charge in [0.2, 0.25) is 5.88 Å². The normalized spacial score (nSPS) is 11.1. The van der Waals surface area contributed by atoms with E-state index in [9.17, 15) is 18.0 Å². The van der Waals surface area contributed by atoms with Gasteiger partial charge in [-0.25, -0.2) is 9.78 Å². The molecule has 0 bridgehead atoms. The minimum atomic E-state index is -4.82. The van der Waals surface area contributed by atoms with E-state index in [0.29, 0.717) is 0 Å². The van der Waals surface area contributed by atoms with Crippen molar-refractivity contribution in [1.82, 2.24) is 4.98 Å². The third kappa shape index (κ3) is 4.22. The van der Waals surface area contributed by atoms with Crippen molar-refractivity contribution in [3.05, 3.63) is 22.3 Å². The Balaban J connectivity index is 2.90. The maximum Gasteiger partial charge on any atom is 0.574 e. The van der Waals surface area contributed by atoms with E-state index in [2.05, 4.69) is 30.4 Å².